The van der Waals surface area contributed by atoms with Crippen molar-refractivity contribution in [3.63, 3.8) is 0 Å². The average Bonchev–Trinajstić information content (AvgIpc) is 2.67. The highest BCUT2D eigenvalue weighted by atomic mass is 32.2. The summed E-state index contributed by atoms with van der Waals surface area (Å²) in [5.74, 6) is 0.294. The quantitative estimate of drug-likeness (QED) is 0.791. The largest absolute Gasteiger partial charge is 0.341 e. The number of anilines is 1. The number of para-hydroxylation sites is 1. The molecular weight excluding hydrogens is 360 g/mol. The van der Waals surface area contributed by atoms with Crippen LogP contribution < -0.4 is 4.31 Å². The lowest BCUT2D eigenvalue weighted by atomic mass is 10.0. The van der Waals surface area contributed by atoms with Crippen molar-refractivity contribution < 1.29 is 13.2 Å². The minimum absolute atomic E-state index is 0.152. The third-order valence-electron chi connectivity index (χ3n) is 4.94. The number of rotatable bonds is 5. The van der Waals surface area contributed by atoms with Gasteiger partial charge >= 0.3 is 0 Å². The van der Waals surface area contributed by atoms with Crippen LogP contribution in [0.25, 0.3) is 0 Å². The van der Waals surface area contributed by atoms with Gasteiger partial charge in [0, 0.05) is 13.1 Å². The van der Waals surface area contributed by atoms with E-state index in [0.29, 0.717) is 24.7 Å². The van der Waals surface area contributed by atoms with Gasteiger partial charge in [-0.2, -0.15) is 0 Å². The van der Waals surface area contributed by atoms with Crippen molar-refractivity contribution in [2.45, 2.75) is 31.6 Å². The third-order valence-corrected chi connectivity index (χ3v) is 6.73. The minimum Gasteiger partial charge on any atom is -0.341 e. The summed E-state index contributed by atoms with van der Waals surface area (Å²) in [6, 6.07) is 15.5. The summed E-state index contributed by atoms with van der Waals surface area (Å²) < 4.78 is 27.8. The Morgan fingerprint density at radius 2 is 1.78 bits per heavy atom. The molecule has 3 rings (SSSR count). The Morgan fingerprint density at radius 1 is 1.11 bits per heavy atom. The number of likely N-dealkylation sites (tertiary alicyclic amines) is 1. The van der Waals surface area contributed by atoms with E-state index in [1.165, 1.54) is 4.31 Å². The van der Waals surface area contributed by atoms with Crippen LogP contribution >= 0.6 is 0 Å². The summed E-state index contributed by atoms with van der Waals surface area (Å²) in [7, 11) is -3.83. The van der Waals surface area contributed by atoms with Gasteiger partial charge in [0.15, 0.2) is 0 Å². The summed E-state index contributed by atoms with van der Waals surface area (Å²) in [6.07, 6.45) is 2.07. The molecule has 5 nitrogen and oxygen atoms in total. The predicted octanol–water partition coefficient (Wildman–Crippen LogP) is 3.45. The molecular formula is C21H26N2O3S. The molecule has 1 amide bonds. The van der Waals surface area contributed by atoms with E-state index in [4.69, 9.17) is 0 Å². The highest BCUT2D eigenvalue weighted by Gasteiger charge is 2.30. The zero-order valence-corrected chi connectivity index (χ0v) is 16.7. The maximum absolute atomic E-state index is 13.3. The molecule has 1 fully saturated rings. The van der Waals surface area contributed by atoms with Crippen molar-refractivity contribution in [1.82, 2.24) is 4.90 Å². The molecule has 2 aromatic rings. The first-order chi connectivity index (χ1) is 12.9. The number of nitrogens with zero attached hydrogens (tertiary/aromatic N) is 2. The van der Waals surface area contributed by atoms with E-state index < -0.39 is 10.0 Å². The highest BCUT2D eigenvalue weighted by molar-refractivity contribution is 7.92. The zero-order valence-electron chi connectivity index (χ0n) is 15.8. The van der Waals surface area contributed by atoms with E-state index in [1.54, 1.807) is 53.4 Å². The Bertz CT molecular complexity index is 879. The molecule has 0 radical (unpaired) electrons. The molecule has 1 saturated heterocycles. The first-order valence-corrected chi connectivity index (χ1v) is 10.7. The van der Waals surface area contributed by atoms with E-state index in [9.17, 15) is 13.2 Å². The van der Waals surface area contributed by atoms with E-state index in [2.05, 4.69) is 6.92 Å². The van der Waals surface area contributed by atoms with E-state index in [1.807, 2.05) is 13.0 Å². The van der Waals surface area contributed by atoms with Gasteiger partial charge in [-0.3, -0.25) is 9.10 Å². The number of hydrogen-bond acceptors (Lipinski definition) is 3. The first kappa shape index (κ1) is 19.4. The summed E-state index contributed by atoms with van der Waals surface area (Å²) in [5.41, 5.74) is 1.48. The third kappa shape index (κ3) is 4.50. The second-order valence-corrected chi connectivity index (χ2v) is 9.11. The molecule has 27 heavy (non-hydrogen) atoms. The molecule has 2 aromatic carbocycles. The van der Waals surface area contributed by atoms with Gasteiger partial charge in [-0.05, 0) is 49.9 Å². The molecule has 144 valence electrons. The Balaban J connectivity index is 1.92. The van der Waals surface area contributed by atoms with Gasteiger partial charge in [0.2, 0.25) is 5.91 Å². The van der Waals surface area contributed by atoms with Crippen LogP contribution in [0.4, 0.5) is 5.69 Å². The van der Waals surface area contributed by atoms with Crippen molar-refractivity contribution in [2.75, 3.05) is 23.9 Å². The monoisotopic (exact) mass is 386 g/mol. The molecule has 1 atom stereocenters. The lowest BCUT2D eigenvalue weighted by Gasteiger charge is -2.33. The SMILES string of the molecule is Cc1ccc(S(=O)(=O)N(CC(=O)N2CCCC(C)C2)c2ccccc2)cc1. The summed E-state index contributed by atoms with van der Waals surface area (Å²) >= 11 is 0. The lowest BCUT2D eigenvalue weighted by Crippen LogP contribution is -2.46. The highest BCUT2D eigenvalue weighted by Crippen LogP contribution is 2.24. The van der Waals surface area contributed by atoms with Crippen molar-refractivity contribution in [3.05, 3.63) is 60.2 Å². The number of carbonyl (C=O) groups is 1. The van der Waals surface area contributed by atoms with Crippen LogP contribution in [0.2, 0.25) is 0 Å². The number of aryl methyl sites for hydroxylation is 1. The van der Waals surface area contributed by atoms with Gasteiger partial charge < -0.3 is 4.90 Å². The smallest absolute Gasteiger partial charge is 0.264 e. The standard InChI is InChI=1S/C21H26N2O3S/c1-17-10-12-20(13-11-17)27(25,26)23(19-8-4-3-5-9-19)16-21(24)22-14-6-7-18(2)15-22/h3-5,8-13,18H,6-7,14-16H2,1-2H3. The Hall–Kier alpha value is -2.34. The molecule has 0 N–H and O–H groups in total. The molecule has 6 heteroatoms. The normalized spacial score (nSPS) is 17.6. The van der Waals surface area contributed by atoms with Crippen LogP contribution in [0, 0.1) is 12.8 Å². The van der Waals surface area contributed by atoms with Crippen molar-refractivity contribution in [3.8, 4) is 0 Å². The molecule has 0 spiro atoms. The number of sulfonamides is 1. The minimum atomic E-state index is -3.83. The molecule has 0 aliphatic carbocycles. The van der Waals surface area contributed by atoms with Crippen molar-refractivity contribution in [1.29, 1.82) is 0 Å². The fraction of sp³-hybridized carbons (Fsp3) is 0.381. The maximum Gasteiger partial charge on any atom is 0.264 e. The average molecular weight is 387 g/mol. The van der Waals surface area contributed by atoms with E-state index in [-0.39, 0.29) is 17.3 Å². The molecule has 0 bridgehead atoms. The fourth-order valence-electron chi connectivity index (χ4n) is 3.39. The van der Waals surface area contributed by atoms with Crippen LogP contribution in [0.15, 0.2) is 59.5 Å². The summed E-state index contributed by atoms with van der Waals surface area (Å²) in [4.78, 5) is 14.9. The number of hydrogen-bond donors (Lipinski definition) is 0. The number of piperidine rings is 1. The second-order valence-electron chi connectivity index (χ2n) is 7.25. The fourth-order valence-corrected chi connectivity index (χ4v) is 4.80. The summed E-state index contributed by atoms with van der Waals surface area (Å²) in [6.45, 7) is 5.22. The topological polar surface area (TPSA) is 57.7 Å². The Morgan fingerprint density at radius 3 is 2.41 bits per heavy atom. The Labute approximate surface area is 161 Å². The van der Waals surface area contributed by atoms with Crippen LogP contribution in [-0.4, -0.2) is 38.9 Å². The van der Waals surface area contributed by atoms with Gasteiger partial charge in [0.25, 0.3) is 10.0 Å². The zero-order chi connectivity index (χ0) is 19.4. The number of carbonyl (C=O) groups excluding carboxylic acids is 1. The van der Waals surface area contributed by atoms with Crippen molar-refractivity contribution in [2.24, 2.45) is 5.92 Å². The predicted molar refractivity (Wildman–Crippen MR) is 107 cm³/mol. The van der Waals surface area contributed by atoms with E-state index in [0.717, 1.165) is 18.4 Å². The second kappa shape index (κ2) is 8.13. The van der Waals surface area contributed by atoms with Gasteiger partial charge in [-0.15, -0.1) is 0 Å². The maximum atomic E-state index is 13.3. The van der Waals surface area contributed by atoms with Gasteiger partial charge in [-0.25, -0.2) is 8.42 Å². The molecule has 0 aromatic heterocycles. The Kier molecular flexibility index (Phi) is 5.85. The van der Waals surface area contributed by atoms with Gasteiger partial charge in [0.05, 0.1) is 10.6 Å². The van der Waals surface area contributed by atoms with Crippen LogP contribution in [0.3, 0.4) is 0 Å². The van der Waals surface area contributed by atoms with Gasteiger partial charge in [0.1, 0.15) is 6.54 Å². The van der Waals surface area contributed by atoms with Gasteiger partial charge in [-0.1, -0.05) is 42.8 Å². The number of amides is 1. The lowest BCUT2D eigenvalue weighted by molar-refractivity contribution is -0.131. The van der Waals surface area contributed by atoms with Crippen LogP contribution in [0.5, 0.6) is 0 Å². The summed E-state index contributed by atoms with van der Waals surface area (Å²) in [5, 5.41) is 0. The molecule has 1 aliphatic rings. The van der Waals surface area contributed by atoms with E-state index >= 15 is 0 Å². The first-order valence-electron chi connectivity index (χ1n) is 9.30. The molecule has 1 heterocycles. The van der Waals surface area contributed by atoms with Crippen LogP contribution in [0.1, 0.15) is 25.3 Å². The molecule has 1 aliphatic heterocycles. The molecule has 0 saturated carbocycles. The molecule has 1 unspecified atom stereocenters. The number of benzene rings is 2. The van der Waals surface area contributed by atoms with Crippen LogP contribution in [-0.2, 0) is 14.8 Å². The van der Waals surface area contributed by atoms with Crippen molar-refractivity contribution >= 4 is 21.6 Å².